The Morgan fingerprint density at radius 1 is 0.933 bits per heavy atom. The quantitative estimate of drug-likeness (QED) is 0.133. The van der Waals surface area contributed by atoms with E-state index in [1.165, 1.54) is 17.5 Å². The Kier molecular flexibility index (Phi) is 9.74. The molecule has 0 spiro atoms. The predicted molar refractivity (Wildman–Crippen MR) is 177 cm³/mol. The van der Waals surface area contributed by atoms with E-state index in [2.05, 4.69) is 48.6 Å². The molecule has 1 aliphatic heterocycles. The van der Waals surface area contributed by atoms with Crippen LogP contribution in [0.3, 0.4) is 0 Å². The molecule has 2 aliphatic rings. The number of nitrogens with zero attached hydrogens (tertiary/aromatic N) is 3. The number of allylic oxidation sites excluding steroid dienone is 1. The minimum atomic E-state index is -0.554. The van der Waals surface area contributed by atoms with Gasteiger partial charge >= 0.3 is 5.97 Å². The van der Waals surface area contributed by atoms with Gasteiger partial charge in [0.25, 0.3) is 0 Å². The summed E-state index contributed by atoms with van der Waals surface area (Å²) in [6.07, 6.45) is 5.06. The van der Waals surface area contributed by atoms with Gasteiger partial charge in [0, 0.05) is 11.4 Å². The Balaban J connectivity index is 1.33. The van der Waals surface area contributed by atoms with Gasteiger partial charge in [0.15, 0.2) is 11.5 Å². The Bertz CT molecular complexity index is 1650. The number of hydrogen-bond acceptors (Lipinski definition) is 8. The van der Waals surface area contributed by atoms with Crippen LogP contribution in [-0.4, -0.2) is 33.4 Å². The van der Waals surface area contributed by atoms with E-state index < -0.39 is 6.04 Å². The molecule has 1 atom stereocenters. The van der Waals surface area contributed by atoms with Crippen molar-refractivity contribution in [2.75, 3.05) is 11.9 Å². The molecule has 2 heterocycles. The molecule has 0 saturated heterocycles. The first-order chi connectivity index (χ1) is 22.0. The Hall–Kier alpha value is -4.24. The Morgan fingerprint density at radius 3 is 2.47 bits per heavy atom. The van der Waals surface area contributed by atoms with Crippen LogP contribution >= 0.6 is 11.8 Å². The number of esters is 1. The number of rotatable bonds is 11. The second-order valence-electron chi connectivity index (χ2n) is 11.6. The van der Waals surface area contributed by atoms with E-state index in [9.17, 15) is 4.79 Å². The zero-order chi connectivity index (χ0) is 31.2. The number of aromatic nitrogens is 3. The fourth-order valence-electron chi connectivity index (χ4n) is 5.81. The lowest BCUT2D eigenvalue weighted by Crippen LogP contribution is -2.32. The smallest absolute Gasteiger partial charge is 0.338 e. The van der Waals surface area contributed by atoms with Gasteiger partial charge in [-0.3, -0.25) is 0 Å². The summed E-state index contributed by atoms with van der Waals surface area (Å²) < 4.78 is 20.2. The molecule has 45 heavy (non-hydrogen) atoms. The number of anilines is 1. The summed E-state index contributed by atoms with van der Waals surface area (Å²) in [5.41, 5.74) is 5.53. The molecule has 0 bridgehead atoms. The first-order valence-electron chi connectivity index (χ1n) is 15.8. The highest BCUT2D eigenvalue weighted by atomic mass is 32.2. The van der Waals surface area contributed by atoms with Gasteiger partial charge in [0.05, 0.1) is 12.2 Å². The van der Waals surface area contributed by atoms with Gasteiger partial charge in [-0.1, -0.05) is 84.4 Å². The molecule has 234 valence electrons. The minimum absolute atomic E-state index is 0.0714. The van der Waals surface area contributed by atoms with Gasteiger partial charge in [0.1, 0.15) is 18.8 Å². The van der Waals surface area contributed by atoms with Crippen molar-refractivity contribution < 1.29 is 19.0 Å². The van der Waals surface area contributed by atoms with Crippen LogP contribution in [0, 0.1) is 6.92 Å². The van der Waals surface area contributed by atoms with Crippen molar-refractivity contribution in [1.29, 1.82) is 0 Å². The van der Waals surface area contributed by atoms with Crippen LogP contribution in [-0.2, 0) is 21.9 Å². The average Bonchev–Trinajstić information content (AvgIpc) is 3.46. The molecule has 4 aromatic rings. The molecule has 1 fully saturated rings. The zero-order valence-electron chi connectivity index (χ0n) is 26.1. The van der Waals surface area contributed by atoms with Crippen molar-refractivity contribution >= 4 is 23.7 Å². The third kappa shape index (κ3) is 7.36. The third-order valence-corrected chi connectivity index (χ3v) is 9.10. The lowest BCUT2D eigenvalue weighted by molar-refractivity contribution is -0.146. The van der Waals surface area contributed by atoms with Crippen molar-refractivity contribution in [3.63, 3.8) is 0 Å². The maximum Gasteiger partial charge on any atom is 0.338 e. The Morgan fingerprint density at radius 2 is 1.71 bits per heavy atom. The monoisotopic (exact) mass is 624 g/mol. The molecule has 9 heteroatoms. The molecule has 1 aromatic heterocycles. The van der Waals surface area contributed by atoms with Crippen molar-refractivity contribution in [3.05, 3.63) is 106 Å². The van der Waals surface area contributed by atoms with Crippen LogP contribution in [0.5, 0.6) is 11.5 Å². The molecular weight excluding hydrogens is 584 g/mol. The fourth-order valence-corrected chi connectivity index (χ4v) is 6.60. The van der Waals surface area contributed by atoms with Crippen molar-refractivity contribution in [2.24, 2.45) is 0 Å². The number of thioether (sulfide) groups is 1. The van der Waals surface area contributed by atoms with E-state index in [1.54, 1.807) is 16.4 Å². The summed E-state index contributed by atoms with van der Waals surface area (Å²) in [5.74, 6) is 2.24. The number of carbonyl (C=O) groups is 1. The Labute approximate surface area is 269 Å². The largest absolute Gasteiger partial charge is 0.490 e. The highest BCUT2D eigenvalue weighted by molar-refractivity contribution is 7.98. The van der Waals surface area contributed by atoms with Gasteiger partial charge in [-0.25, -0.2) is 9.48 Å². The van der Waals surface area contributed by atoms with Gasteiger partial charge < -0.3 is 19.5 Å². The summed E-state index contributed by atoms with van der Waals surface area (Å²) in [4.78, 5) is 18.7. The number of carbonyl (C=O) groups excluding carboxylic acids is 1. The van der Waals surface area contributed by atoms with E-state index in [0.717, 1.165) is 42.6 Å². The highest BCUT2D eigenvalue weighted by Crippen LogP contribution is 2.41. The molecule has 0 amide bonds. The molecule has 1 N–H and O–H groups in total. The van der Waals surface area contributed by atoms with Crippen molar-refractivity contribution in [1.82, 2.24) is 14.8 Å². The van der Waals surface area contributed by atoms with E-state index in [4.69, 9.17) is 24.3 Å². The van der Waals surface area contributed by atoms with Gasteiger partial charge in [-0.15, -0.1) is 5.10 Å². The minimum Gasteiger partial charge on any atom is -0.490 e. The van der Waals surface area contributed by atoms with E-state index in [1.807, 2.05) is 50.2 Å². The fraction of sp³-hybridized carbons (Fsp3) is 0.361. The van der Waals surface area contributed by atoms with Gasteiger partial charge in [0.2, 0.25) is 11.1 Å². The van der Waals surface area contributed by atoms with E-state index >= 15 is 0 Å². The zero-order valence-corrected chi connectivity index (χ0v) is 26.9. The lowest BCUT2D eigenvalue weighted by atomic mass is 9.94. The van der Waals surface area contributed by atoms with E-state index in [0.29, 0.717) is 47.1 Å². The average molecular weight is 625 g/mol. The van der Waals surface area contributed by atoms with Crippen LogP contribution in [0.25, 0.3) is 0 Å². The molecule has 1 saturated carbocycles. The van der Waals surface area contributed by atoms with Crippen LogP contribution in [0.4, 0.5) is 5.95 Å². The van der Waals surface area contributed by atoms with E-state index in [-0.39, 0.29) is 12.1 Å². The van der Waals surface area contributed by atoms with Crippen LogP contribution < -0.4 is 14.8 Å². The molecule has 6 rings (SSSR count). The number of nitrogens with one attached hydrogen (secondary N) is 1. The van der Waals surface area contributed by atoms with Gasteiger partial charge in [-0.05, 0) is 75.3 Å². The number of benzene rings is 3. The number of fused-ring (bicyclic) bond motifs is 1. The summed E-state index contributed by atoms with van der Waals surface area (Å²) in [7, 11) is 0. The van der Waals surface area contributed by atoms with Gasteiger partial charge in [-0.2, -0.15) is 4.98 Å². The first kappa shape index (κ1) is 30.8. The normalized spacial score (nSPS) is 16.6. The highest BCUT2D eigenvalue weighted by Gasteiger charge is 2.37. The topological polar surface area (TPSA) is 87.5 Å². The maximum absolute atomic E-state index is 13.9. The molecule has 0 radical (unpaired) electrons. The van der Waals surface area contributed by atoms with Crippen LogP contribution in [0.2, 0.25) is 0 Å². The summed E-state index contributed by atoms with van der Waals surface area (Å²) in [5, 5.41) is 8.88. The second-order valence-corrected chi connectivity index (χ2v) is 12.5. The molecule has 1 aliphatic carbocycles. The van der Waals surface area contributed by atoms with Crippen molar-refractivity contribution in [2.45, 2.75) is 82.5 Å². The first-order valence-corrected chi connectivity index (χ1v) is 16.7. The standard InChI is InChI=1S/C36H40N4O4S/c1-4-42-31-21-28(19-20-30(31)43-22-26-17-15-24(2)16-18-26)33-32(34(41)44-29-13-9-6-10-14-29)25(3)37-35-38-36(39-40(33)35)45-23-27-11-7-5-8-12-27/h5,7-8,11-12,15-21,29,33H,4,6,9-10,13-14,22-23H2,1-3H3,(H,37,38,39). The third-order valence-electron chi connectivity index (χ3n) is 8.19. The SMILES string of the molecule is CCOc1cc(C2C(C(=O)OC3CCCCC3)=C(C)Nc3nc(SCc4ccccc4)nn32)ccc1OCc1ccc(C)cc1. The number of hydrogen-bond donors (Lipinski definition) is 1. The van der Waals surface area contributed by atoms with Crippen LogP contribution in [0.15, 0.2) is 89.2 Å². The lowest BCUT2D eigenvalue weighted by Gasteiger charge is -2.30. The maximum atomic E-state index is 13.9. The second kappa shape index (κ2) is 14.2. The summed E-state index contributed by atoms with van der Waals surface area (Å²) in [6, 6.07) is 23.8. The molecule has 8 nitrogen and oxygen atoms in total. The summed E-state index contributed by atoms with van der Waals surface area (Å²) in [6.45, 7) is 6.81. The molecule has 3 aromatic carbocycles. The number of ether oxygens (including phenoxy) is 3. The molecular formula is C36H40N4O4S. The van der Waals surface area contributed by atoms with Crippen LogP contribution in [0.1, 0.15) is 74.2 Å². The van der Waals surface area contributed by atoms with Crippen molar-refractivity contribution in [3.8, 4) is 11.5 Å². The molecule has 1 unspecified atom stereocenters. The summed E-state index contributed by atoms with van der Waals surface area (Å²) >= 11 is 1.56. The number of aryl methyl sites for hydroxylation is 1. The predicted octanol–water partition coefficient (Wildman–Crippen LogP) is 8.02.